The molecule has 2 aromatic heterocycles. The number of benzene rings is 1. The van der Waals surface area contributed by atoms with Crippen LogP contribution in [0.2, 0.25) is 0 Å². The molecule has 0 aliphatic heterocycles. The van der Waals surface area contributed by atoms with E-state index >= 15 is 0 Å². The van der Waals surface area contributed by atoms with E-state index in [0.717, 1.165) is 43.1 Å². The summed E-state index contributed by atoms with van der Waals surface area (Å²) >= 11 is 0. The Kier molecular flexibility index (Phi) is 7.23. The minimum absolute atomic E-state index is 0.0136. The largest absolute Gasteiger partial charge is 0.411 e. The van der Waals surface area contributed by atoms with Gasteiger partial charge >= 0.3 is 6.09 Å². The van der Waals surface area contributed by atoms with Crippen LogP contribution in [0, 0.1) is 23.2 Å². The SMILES string of the molecule is CC1CCC(Cn2c(C3(c4ccccc4)CCC3)nc3nc(C(=N)OC(N)=O)nc(N[C@H](C)C4CCC4)c32)CC1. The molecule has 0 unspecified atom stereocenters. The van der Waals surface area contributed by atoms with Gasteiger partial charge in [0.2, 0.25) is 5.82 Å². The van der Waals surface area contributed by atoms with Gasteiger partial charge in [-0.2, -0.15) is 0 Å². The summed E-state index contributed by atoms with van der Waals surface area (Å²) in [5.41, 5.74) is 7.75. The lowest BCUT2D eigenvalue weighted by Gasteiger charge is -2.42. The zero-order valence-corrected chi connectivity index (χ0v) is 23.7. The van der Waals surface area contributed by atoms with Crippen molar-refractivity contribution in [2.45, 2.75) is 96.1 Å². The first-order valence-corrected chi connectivity index (χ1v) is 15.0. The molecule has 9 nitrogen and oxygen atoms in total. The van der Waals surface area contributed by atoms with Gasteiger partial charge in [0.05, 0.1) is 5.41 Å². The van der Waals surface area contributed by atoms with Gasteiger partial charge in [0, 0.05) is 12.6 Å². The summed E-state index contributed by atoms with van der Waals surface area (Å²) in [5, 5.41) is 12.0. The number of nitrogens with one attached hydrogen (secondary N) is 2. The fourth-order valence-corrected chi connectivity index (χ4v) is 6.90. The van der Waals surface area contributed by atoms with Crippen LogP contribution in [-0.2, 0) is 16.7 Å². The molecular weight excluding hydrogens is 502 g/mol. The Morgan fingerprint density at radius 3 is 2.42 bits per heavy atom. The number of anilines is 1. The van der Waals surface area contributed by atoms with Gasteiger partial charge in [-0.25, -0.2) is 19.7 Å². The highest BCUT2D eigenvalue weighted by Crippen LogP contribution is 2.50. The third kappa shape index (κ3) is 4.95. The number of amides is 1. The highest BCUT2D eigenvalue weighted by atomic mass is 16.6. The van der Waals surface area contributed by atoms with Crippen molar-refractivity contribution >= 4 is 29.0 Å². The molecule has 0 bridgehead atoms. The average Bonchev–Trinajstić information content (AvgIpc) is 3.22. The van der Waals surface area contributed by atoms with Gasteiger partial charge in [-0.3, -0.25) is 5.41 Å². The van der Waals surface area contributed by atoms with Crippen molar-refractivity contribution in [3.63, 3.8) is 0 Å². The first kappa shape index (κ1) is 26.7. The number of nitrogens with zero attached hydrogens (tertiary/aromatic N) is 4. The Bertz CT molecular complexity index is 1390. The number of hydrogen-bond donors (Lipinski definition) is 3. The number of nitrogens with two attached hydrogens (primary N) is 1. The van der Waals surface area contributed by atoms with Crippen LogP contribution in [-0.4, -0.2) is 37.6 Å². The predicted octanol–water partition coefficient (Wildman–Crippen LogP) is 6.14. The van der Waals surface area contributed by atoms with E-state index in [9.17, 15) is 4.79 Å². The summed E-state index contributed by atoms with van der Waals surface area (Å²) in [5.74, 6) is 3.16. The van der Waals surface area contributed by atoms with E-state index in [1.165, 1.54) is 50.5 Å². The van der Waals surface area contributed by atoms with E-state index in [1.54, 1.807) is 0 Å². The van der Waals surface area contributed by atoms with Crippen molar-refractivity contribution in [3.05, 3.63) is 47.5 Å². The smallest absolute Gasteiger partial charge is 0.388 e. The molecule has 4 N–H and O–H groups in total. The molecule has 6 rings (SSSR count). The maximum atomic E-state index is 11.5. The molecule has 0 radical (unpaired) electrons. The van der Waals surface area contributed by atoms with Crippen molar-refractivity contribution < 1.29 is 9.53 Å². The van der Waals surface area contributed by atoms with Crippen molar-refractivity contribution in [2.75, 3.05) is 5.32 Å². The van der Waals surface area contributed by atoms with E-state index in [1.807, 2.05) is 0 Å². The lowest BCUT2D eigenvalue weighted by molar-refractivity contribution is 0.207. The van der Waals surface area contributed by atoms with Crippen LogP contribution in [0.5, 0.6) is 0 Å². The van der Waals surface area contributed by atoms with Crippen LogP contribution in [0.3, 0.4) is 0 Å². The van der Waals surface area contributed by atoms with Crippen LogP contribution in [0.1, 0.15) is 95.3 Å². The minimum atomic E-state index is -1.05. The van der Waals surface area contributed by atoms with Gasteiger partial charge in [-0.15, -0.1) is 0 Å². The quantitative estimate of drug-likeness (QED) is 0.231. The molecule has 40 heavy (non-hydrogen) atoms. The third-order valence-corrected chi connectivity index (χ3v) is 9.77. The first-order valence-electron chi connectivity index (χ1n) is 15.0. The van der Waals surface area contributed by atoms with Gasteiger partial charge in [0.25, 0.3) is 5.90 Å². The standard InChI is InChI=1S/C31H41N7O2/c1-19-12-14-21(15-13-19)18-38-24-26(34-20(2)22-8-6-9-22)35-28(25(32)40-30(33)39)36-27(24)37-29(38)31(16-7-17-31)23-10-4-3-5-11-23/h3-5,10-11,19-22,32H,6-9,12-18H2,1-2H3,(H2,33,39)(H,34,35,36)/t19?,20-,21?/m1/s1. The van der Waals surface area contributed by atoms with Crippen molar-refractivity contribution in [2.24, 2.45) is 23.5 Å². The third-order valence-electron chi connectivity index (χ3n) is 9.77. The van der Waals surface area contributed by atoms with Crippen LogP contribution >= 0.6 is 0 Å². The zero-order chi connectivity index (χ0) is 27.9. The van der Waals surface area contributed by atoms with Gasteiger partial charge in [0.1, 0.15) is 11.3 Å². The van der Waals surface area contributed by atoms with Gasteiger partial charge in [-0.1, -0.05) is 62.9 Å². The number of hydrogen-bond acceptors (Lipinski definition) is 7. The molecule has 3 aliphatic rings. The van der Waals surface area contributed by atoms with Crippen molar-refractivity contribution in [3.8, 4) is 0 Å². The van der Waals surface area contributed by atoms with Crippen molar-refractivity contribution in [1.82, 2.24) is 19.5 Å². The fraction of sp³-hybridized carbons (Fsp3) is 0.581. The van der Waals surface area contributed by atoms with Crippen LogP contribution in [0.15, 0.2) is 30.3 Å². The van der Waals surface area contributed by atoms with Crippen molar-refractivity contribution in [1.29, 1.82) is 5.41 Å². The Labute approximate surface area is 235 Å². The minimum Gasteiger partial charge on any atom is -0.388 e. The molecule has 3 fully saturated rings. The van der Waals surface area contributed by atoms with E-state index in [4.69, 9.17) is 25.8 Å². The number of imidazole rings is 1. The summed E-state index contributed by atoms with van der Waals surface area (Å²) in [7, 11) is 0. The fourth-order valence-electron chi connectivity index (χ4n) is 6.90. The van der Waals surface area contributed by atoms with Gasteiger partial charge < -0.3 is 20.4 Å². The van der Waals surface area contributed by atoms with E-state index in [0.29, 0.717) is 23.3 Å². The molecule has 2 heterocycles. The Morgan fingerprint density at radius 1 is 1.10 bits per heavy atom. The second-order valence-electron chi connectivity index (χ2n) is 12.4. The first-order chi connectivity index (χ1) is 19.3. The van der Waals surface area contributed by atoms with E-state index < -0.39 is 12.0 Å². The molecule has 3 aliphatic carbocycles. The molecule has 1 aromatic carbocycles. The summed E-state index contributed by atoms with van der Waals surface area (Å²) in [6.07, 6.45) is 10.7. The lowest BCUT2D eigenvalue weighted by atomic mass is 9.63. The van der Waals surface area contributed by atoms with E-state index in [2.05, 4.69) is 59.0 Å². The number of ether oxygens (including phenoxy) is 1. The zero-order valence-electron chi connectivity index (χ0n) is 23.7. The molecule has 1 atom stereocenters. The van der Waals surface area contributed by atoms with Gasteiger partial charge in [-0.05, 0) is 68.8 Å². The molecule has 3 saturated carbocycles. The molecular formula is C31H41N7O2. The average molecular weight is 544 g/mol. The number of aromatic nitrogens is 4. The molecule has 0 spiro atoms. The summed E-state index contributed by atoms with van der Waals surface area (Å²) in [6, 6.07) is 10.9. The molecule has 1 amide bonds. The summed E-state index contributed by atoms with van der Waals surface area (Å²) in [6.45, 7) is 5.43. The predicted molar refractivity (Wildman–Crippen MR) is 155 cm³/mol. The lowest BCUT2D eigenvalue weighted by Crippen LogP contribution is -2.39. The second-order valence-corrected chi connectivity index (χ2v) is 12.4. The van der Waals surface area contributed by atoms with Gasteiger partial charge in [0.15, 0.2) is 11.5 Å². The number of carbonyl (C=O) groups excluding carboxylic acids is 1. The number of rotatable bonds is 8. The van der Waals surface area contributed by atoms with Crippen LogP contribution in [0.4, 0.5) is 10.6 Å². The molecule has 9 heteroatoms. The normalized spacial score (nSPS) is 23.1. The van der Waals surface area contributed by atoms with Crippen LogP contribution in [0.25, 0.3) is 11.2 Å². The monoisotopic (exact) mass is 543 g/mol. The highest BCUT2D eigenvalue weighted by molar-refractivity contribution is 5.97. The maximum Gasteiger partial charge on any atom is 0.411 e. The summed E-state index contributed by atoms with van der Waals surface area (Å²) in [4.78, 5) is 26.1. The molecule has 212 valence electrons. The Morgan fingerprint density at radius 2 is 1.82 bits per heavy atom. The maximum absolute atomic E-state index is 11.5. The van der Waals surface area contributed by atoms with E-state index in [-0.39, 0.29) is 17.3 Å². The number of carbonyl (C=O) groups is 1. The number of primary amides is 1. The van der Waals surface area contributed by atoms with Crippen LogP contribution < -0.4 is 11.1 Å². The Hall–Kier alpha value is -3.49. The highest BCUT2D eigenvalue weighted by Gasteiger charge is 2.45. The number of fused-ring (bicyclic) bond motifs is 1. The molecule has 0 saturated heterocycles. The second kappa shape index (κ2) is 10.8. The summed E-state index contributed by atoms with van der Waals surface area (Å²) < 4.78 is 7.30. The Balaban J connectivity index is 1.52. The topological polar surface area (TPSA) is 132 Å². The molecule has 3 aromatic rings.